The van der Waals surface area contributed by atoms with Crippen LogP contribution in [0.4, 0.5) is 10.5 Å². The van der Waals surface area contributed by atoms with Crippen LogP contribution in [0.15, 0.2) is 30.5 Å². The number of carbonyl (C=O) groups is 1. The Kier molecular flexibility index (Phi) is 4.28. The molecule has 1 heterocycles. The first kappa shape index (κ1) is 13.7. The molecule has 0 unspecified atom stereocenters. The van der Waals surface area contributed by atoms with E-state index in [1.54, 1.807) is 10.9 Å². The summed E-state index contributed by atoms with van der Waals surface area (Å²) in [7, 11) is 0. The molecule has 0 fully saturated rings. The van der Waals surface area contributed by atoms with Crippen LogP contribution in [-0.2, 0) is 4.74 Å². The molecule has 2 rings (SSSR count). The Morgan fingerprint density at radius 2 is 2.26 bits per heavy atom. The molecule has 7 heteroatoms. The van der Waals surface area contributed by atoms with Gasteiger partial charge in [-0.1, -0.05) is 18.9 Å². The number of nitrogens with zero attached hydrogens (tertiary/aromatic N) is 1. The van der Waals surface area contributed by atoms with Crippen molar-refractivity contribution in [3.05, 3.63) is 30.5 Å². The molecule has 0 saturated carbocycles. The Labute approximate surface area is 121 Å². The van der Waals surface area contributed by atoms with Crippen molar-refractivity contribution in [2.24, 2.45) is 0 Å². The summed E-state index contributed by atoms with van der Waals surface area (Å²) in [6, 6.07) is 7.60. The third-order valence-corrected chi connectivity index (χ3v) is 3.00. The van der Waals surface area contributed by atoms with Gasteiger partial charge in [0.1, 0.15) is 0 Å². The lowest BCUT2D eigenvalue weighted by Crippen LogP contribution is -2.34. The number of fused-ring (bicyclic) bond motifs is 1. The molecule has 0 spiro atoms. The van der Waals surface area contributed by atoms with Gasteiger partial charge in [0, 0.05) is 17.3 Å². The zero-order valence-corrected chi connectivity index (χ0v) is 11.9. The van der Waals surface area contributed by atoms with Gasteiger partial charge in [-0.3, -0.25) is 9.29 Å². The summed E-state index contributed by atoms with van der Waals surface area (Å²) in [5.74, 6) is 0. The quantitative estimate of drug-likeness (QED) is 0.589. The average Bonchev–Trinajstić information content (AvgIpc) is 2.72. The van der Waals surface area contributed by atoms with E-state index in [1.165, 1.54) is 0 Å². The molecule has 2 aromatic rings. The molecule has 1 aromatic heterocycles. The van der Waals surface area contributed by atoms with Gasteiger partial charge < -0.3 is 10.1 Å². The summed E-state index contributed by atoms with van der Waals surface area (Å²) >= 11 is 9.34. The molecule has 0 aliphatic heterocycles. The number of alkyl carbamates (subject to hydrolysis) is 1. The lowest BCUT2D eigenvalue weighted by molar-refractivity contribution is 0.158. The second-order valence-electron chi connectivity index (χ2n) is 3.70. The van der Waals surface area contributed by atoms with Crippen LogP contribution in [0.25, 0.3) is 10.9 Å². The maximum absolute atomic E-state index is 11.2. The fraction of sp³-hybridized carbons (Fsp3) is 0.167. The number of hydrogen-bond donors (Lipinski definition) is 3. The van der Waals surface area contributed by atoms with Crippen molar-refractivity contribution in [2.45, 2.75) is 6.92 Å². The van der Waals surface area contributed by atoms with Gasteiger partial charge in [0.05, 0.1) is 12.1 Å². The van der Waals surface area contributed by atoms with Gasteiger partial charge in [0.25, 0.3) is 0 Å². The highest BCUT2D eigenvalue weighted by molar-refractivity contribution is 7.80. The number of aromatic nitrogens is 1. The Balaban J connectivity index is 2.13. The molecule has 0 aliphatic rings. The third kappa shape index (κ3) is 3.18. The maximum atomic E-state index is 11.2. The Morgan fingerprint density at radius 3 is 3.00 bits per heavy atom. The summed E-state index contributed by atoms with van der Waals surface area (Å²) in [5.41, 5.74) is 1.75. The summed E-state index contributed by atoms with van der Waals surface area (Å²) in [4.78, 5) is 11.2. The van der Waals surface area contributed by atoms with Gasteiger partial charge >= 0.3 is 6.09 Å². The number of thiol groups is 1. The zero-order valence-electron chi connectivity index (χ0n) is 10.2. The molecule has 0 aliphatic carbocycles. The molecule has 5 nitrogen and oxygen atoms in total. The highest BCUT2D eigenvalue weighted by atomic mass is 32.1. The minimum absolute atomic E-state index is 0.192. The normalized spacial score (nSPS) is 10.2. The third-order valence-electron chi connectivity index (χ3n) is 2.45. The molecule has 0 atom stereocenters. The smallest absolute Gasteiger partial charge is 0.413 e. The minimum Gasteiger partial charge on any atom is -0.450 e. The van der Waals surface area contributed by atoms with Crippen molar-refractivity contribution in [1.29, 1.82) is 0 Å². The Hall–Kier alpha value is -1.73. The van der Waals surface area contributed by atoms with E-state index < -0.39 is 6.09 Å². The predicted molar refractivity (Wildman–Crippen MR) is 82.7 cm³/mol. The number of carbonyl (C=O) groups excluding carboxylic acids is 1. The lowest BCUT2D eigenvalue weighted by Gasteiger charge is -2.10. The van der Waals surface area contributed by atoms with Crippen molar-refractivity contribution < 1.29 is 9.53 Å². The number of thiocarbonyl (C=S) groups is 1. The second kappa shape index (κ2) is 5.94. The van der Waals surface area contributed by atoms with E-state index in [9.17, 15) is 4.79 Å². The Morgan fingerprint density at radius 1 is 1.47 bits per heavy atom. The summed E-state index contributed by atoms with van der Waals surface area (Å²) in [5, 5.41) is 6.55. The van der Waals surface area contributed by atoms with E-state index in [4.69, 9.17) is 17.0 Å². The van der Waals surface area contributed by atoms with Crippen LogP contribution in [0.3, 0.4) is 0 Å². The lowest BCUT2D eigenvalue weighted by atomic mass is 10.2. The van der Waals surface area contributed by atoms with Crippen molar-refractivity contribution in [1.82, 2.24) is 9.29 Å². The fourth-order valence-corrected chi connectivity index (χ4v) is 2.11. The van der Waals surface area contributed by atoms with Gasteiger partial charge in [-0.15, -0.1) is 0 Å². The van der Waals surface area contributed by atoms with Gasteiger partial charge in [0.15, 0.2) is 5.11 Å². The van der Waals surface area contributed by atoms with Crippen LogP contribution < -0.4 is 10.6 Å². The Bertz CT molecular complexity index is 624. The molecule has 0 radical (unpaired) electrons. The van der Waals surface area contributed by atoms with Crippen molar-refractivity contribution >= 4 is 52.8 Å². The van der Waals surface area contributed by atoms with Crippen LogP contribution in [0.5, 0.6) is 0 Å². The molecule has 0 bridgehead atoms. The molecule has 1 amide bonds. The summed E-state index contributed by atoms with van der Waals surface area (Å²) in [6.07, 6.45) is 1.26. The first-order valence-electron chi connectivity index (χ1n) is 5.66. The number of nitrogens with one attached hydrogen (secondary N) is 2. The van der Waals surface area contributed by atoms with Crippen LogP contribution in [0.1, 0.15) is 6.92 Å². The predicted octanol–water partition coefficient (Wildman–Crippen LogP) is 2.78. The van der Waals surface area contributed by atoms with E-state index in [-0.39, 0.29) is 5.11 Å². The van der Waals surface area contributed by atoms with Crippen molar-refractivity contribution in [3.63, 3.8) is 0 Å². The van der Waals surface area contributed by atoms with Crippen molar-refractivity contribution in [3.8, 4) is 0 Å². The number of ether oxygens (including phenoxy) is 1. The van der Waals surface area contributed by atoms with Crippen LogP contribution in [0, 0.1) is 0 Å². The zero-order chi connectivity index (χ0) is 13.8. The highest BCUT2D eigenvalue weighted by Crippen LogP contribution is 2.24. The van der Waals surface area contributed by atoms with Gasteiger partial charge in [-0.05, 0) is 37.3 Å². The van der Waals surface area contributed by atoms with E-state index >= 15 is 0 Å². The number of amides is 1. The first-order chi connectivity index (χ1) is 9.11. The van der Waals surface area contributed by atoms with E-state index in [0.717, 1.165) is 16.6 Å². The van der Waals surface area contributed by atoms with Crippen molar-refractivity contribution in [2.75, 3.05) is 11.9 Å². The SMILES string of the molecule is CCOC(=O)NC(=S)Nc1cccc2c1ccn2S. The average molecular weight is 295 g/mol. The summed E-state index contributed by atoms with van der Waals surface area (Å²) in [6.45, 7) is 2.03. The molecule has 19 heavy (non-hydrogen) atoms. The molecular weight excluding hydrogens is 282 g/mol. The summed E-state index contributed by atoms with van der Waals surface area (Å²) < 4.78 is 6.46. The number of benzene rings is 1. The number of hydrogen-bond acceptors (Lipinski definition) is 4. The van der Waals surface area contributed by atoms with Crippen LogP contribution in [-0.4, -0.2) is 21.8 Å². The number of rotatable bonds is 2. The second-order valence-corrected chi connectivity index (χ2v) is 4.54. The molecule has 1 aromatic carbocycles. The van der Waals surface area contributed by atoms with Crippen LogP contribution in [0.2, 0.25) is 0 Å². The first-order valence-corrected chi connectivity index (χ1v) is 6.46. The van der Waals surface area contributed by atoms with E-state index in [0.29, 0.717) is 6.61 Å². The fourth-order valence-electron chi connectivity index (χ4n) is 1.68. The van der Waals surface area contributed by atoms with E-state index in [1.807, 2.05) is 30.5 Å². The minimum atomic E-state index is -0.570. The van der Waals surface area contributed by atoms with E-state index in [2.05, 4.69) is 23.4 Å². The maximum Gasteiger partial charge on any atom is 0.413 e. The van der Waals surface area contributed by atoms with Gasteiger partial charge in [0.2, 0.25) is 0 Å². The van der Waals surface area contributed by atoms with Gasteiger partial charge in [-0.25, -0.2) is 4.79 Å². The molecular formula is C12H13N3O2S2. The molecule has 0 saturated heterocycles. The van der Waals surface area contributed by atoms with Crippen LogP contribution >= 0.6 is 25.0 Å². The topological polar surface area (TPSA) is 55.3 Å². The highest BCUT2D eigenvalue weighted by Gasteiger charge is 2.08. The molecule has 2 N–H and O–H groups in total. The monoisotopic (exact) mass is 295 g/mol. The van der Waals surface area contributed by atoms with Gasteiger partial charge in [-0.2, -0.15) is 0 Å². The largest absolute Gasteiger partial charge is 0.450 e. The number of anilines is 1. The molecule has 100 valence electrons. The standard InChI is InChI=1S/C12H13N3O2S2/c1-2-17-12(16)14-11(18)13-9-4-3-5-10-8(9)6-7-15(10)19/h3-7,19H,2H2,1H3,(H2,13,14,16,18).